The van der Waals surface area contributed by atoms with Crippen molar-refractivity contribution in [2.75, 3.05) is 0 Å². The zero-order valence-electron chi connectivity index (χ0n) is 4.68. The molecule has 0 atom stereocenters. The Hall–Kier alpha value is -0.0800. The number of hydrogen-bond acceptors (Lipinski definition) is 3. The number of hydrogen-bond donors (Lipinski definition) is 2. The minimum absolute atomic E-state index is 0. The Morgan fingerprint density at radius 2 is 2.09 bits per heavy atom. The summed E-state index contributed by atoms with van der Waals surface area (Å²) >= 11 is 0. The van der Waals surface area contributed by atoms with Gasteiger partial charge in [-0.2, -0.15) is 8.42 Å². The number of H-pyrrole nitrogens is 1. The van der Waals surface area contributed by atoms with Gasteiger partial charge in [0.25, 0.3) is 5.56 Å². The summed E-state index contributed by atoms with van der Waals surface area (Å²) in [5.74, 6) is 0. The average molecular weight is 188 g/mol. The van der Waals surface area contributed by atoms with Gasteiger partial charge in [-0.15, -0.1) is 4.09 Å². The quantitative estimate of drug-likeness (QED) is 0.401. The van der Waals surface area contributed by atoms with Crippen LogP contribution in [-0.4, -0.2) is 51.7 Å². The molecule has 58 valence electrons. The topological polar surface area (TPSA) is 92.2 Å². The molecule has 0 aliphatic carbocycles. The van der Waals surface area contributed by atoms with Gasteiger partial charge in [0.1, 0.15) is 0 Å². The molecule has 0 saturated heterocycles. The van der Waals surface area contributed by atoms with Gasteiger partial charge in [0.15, 0.2) is 0 Å². The fourth-order valence-electron chi connectivity index (χ4n) is 0.488. The van der Waals surface area contributed by atoms with Crippen molar-refractivity contribution in [1.82, 2.24) is 9.19 Å². The fraction of sp³-hybridized carbons (Fsp3) is 0. The second-order valence-corrected chi connectivity index (χ2v) is 2.80. The molecule has 1 aromatic heterocycles. The van der Waals surface area contributed by atoms with E-state index < -0.39 is 15.9 Å². The van der Waals surface area contributed by atoms with Gasteiger partial charge in [-0.05, 0) is 0 Å². The van der Waals surface area contributed by atoms with Crippen LogP contribution in [0.1, 0.15) is 0 Å². The number of aromatic amines is 1. The molecule has 0 unspecified atom stereocenters. The Bertz CT molecular complexity index is 376. The minimum atomic E-state index is -4.44. The van der Waals surface area contributed by atoms with Crippen LogP contribution in [0, 0.1) is 0 Å². The van der Waals surface area contributed by atoms with Gasteiger partial charge in [0.2, 0.25) is 0 Å². The summed E-state index contributed by atoms with van der Waals surface area (Å²) in [7, 11) is -4.44. The molecular weight excluding hydrogens is 183 g/mol. The Morgan fingerprint density at radius 3 is 2.27 bits per heavy atom. The summed E-state index contributed by atoms with van der Waals surface area (Å²) in [5, 5.41) is 2.01. The van der Waals surface area contributed by atoms with Crippen LogP contribution >= 0.6 is 0 Å². The van der Waals surface area contributed by atoms with E-state index in [1.54, 1.807) is 0 Å². The normalized spacial score (nSPS) is 10.6. The Labute approximate surface area is 84.4 Å². The number of aromatic nitrogens is 2. The Morgan fingerprint density at radius 1 is 1.55 bits per heavy atom. The summed E-state index contributed by atoms with van der Waals surface area (Å²) in [6.45, 7) is 0. The van der Waals surface area contributed by atoms with E-state index in [1.165, 1.54) is 0 Å². The second-order valence-electron chi connectivity index (χ2n) is 1.54. The first-order valence-electron chi connectivity index (χ1n) is 2.26. The molecular formula is C3H5N2NaO4S. The molecule has 0 saturated carbocycles. The molecule has 1 aromatic rings. The first-order valence-corrected chi connectivity index (χ1v) is 3.66. The molecule has 2 N–H and O–H groups in total. The average Bonchev–Trinajstić information content (AvgIpc) is 2.11. The molecule has 0 amide bonds. The first-order chi connectivity index (χ1) is 4.52. The Kier molecular flexibility index (Phi) is 3.52. The molecule has 11 heavy (non-hydrogen) atoms. The molecule has 1 rings (SSSR count). The van der Waals surface area contributed by atoms with Gasteiger partial charge >= 0.3 is 39.9 Å². The van der Waals surface area contributed by atoms with Crippen LogP contribution in [0.25, 0.3) is 0 Å². The van der Waals surface area contributed by atoms with Gasteiger partial charge < -0.3 is 0 Å². The molecule has 0 aromatic carbocycles. The molecule has 1 heterocycles. The summed E-state index contributed by atoms with van der Waals surface area (Å²) in [6, 6.07) is 0.980. The molecule has 0 fully saturated rings. The number of nitrogens with one attached hydrogen (secondary N) is 1. The summed E-state index contributed by atoms with van der Waals surface area (Å²) < 4.78 is 28.8. The third-order valence-electron chi connectivity index (χ3n) is 0.849. The van der Waals surface area contributed by atoms with Crippen LogP contribution < -0.4 is 5.56 Å². The van der Waals surface area contributed by atoms with E-state index in [2.05, 4.69) is 0 Å². The van der Waals surface area contributed by atoms with Crippen LogP contribution in [0.15, 0.2) is 17.1 Å². The first kappa shape index (κ1) is 10.9. The third kappa shape index (κ3) is 2.46. The molecule has 0 spiro atoms. The molecule has 0 bridgehead atoms. The van der Waals surface area contributed by atoms with Crippen LogP contribution in [0.3, 0.4) is 0 Å². The van der Waals surface area contributed by atoms with Crippen molar-refractivity contribution in [3.05, 3.63) is 22.6 Å². The Balaban J connectivity index is 0.000001000. The maximum atomic E-state index is 10.5. The van der Waals surface area contributed by atoms with Crippen molar-refractivity contribution in [2.45, 2.75) is 0 Å². The molecule has 0 aliphatic heterocycles. The standard InChI is InChI=1S/C3H4N2O4S.Na.H/c6-3-1-2-4-5(3)10(7,8)9;;/h1-2,4H,(H,7,8,9);;. The summed E-state index contributed by atoms with van der Waals surface area (Å²) in [5.41, 5.74) is -0.817. The van der Waals surface area contributed by atoms with E-state index >= 15 is 0 Å². The van der Waals surface area contributed by atoms with Crippen LogP contribution in [0.5, 0.6) is 0 Å². The molecule has 8 heteroatoms. The van der Waals surface area contributed by atoms with Crippen LogP contribution in [0.2, 0.25) is 0 Å². The van der Waals surface area contributed by atoms with E-state index in [4.69, 9.17) is 4.55 Å². The van der Waals surface area contributed by atoms with Crippen molar-refractivity contribution in [2.24, 2.45) is 0 Å². The molecule has 0 radical (unpaired) electrons. The fourth-order valence-corrected chi connectivity index (χ4v) is 0.970. The van der Waals surface area contributed by atoms with E-state index in [1.807, 2.05) is 5.10 Å². The van der Waals surface area contributed by atoms with Crippen molar-refractivity contribution in [3.8, 4) is 0 Å². The van der Waals surface area contributed by atoms with Crippen molar-refractivity contribution < 1.29 is 13.0 Å². The van der Waals surface area contributed by atoms with Crippen molar-refractivity contribution in [3.63, 3.8) is 0 Å². The van der Waals surface area contributed by atoms with Gasteiger partial charge in [-0.1, -0.05) is 0 Å². The number of nitrogens with zero attached hydrogens (tertiary/aromatic N) is 1. The van der Waals surface area contributed by atoms with Gasteiger partial charge in [-0.3, -0.25) is 14.4 Å². The van der Waals surface area contributed by atoms with Crippen LogP contribution in [-0.2, 0) is 10.3 Å². The van der Waals surface area contributed by atoms with Crippen molar-refractivity contribution in [1.29, 1.82) is 0 Å². The summed E-state index contributed by atoms with van der Waals surface area (Å²) in [4.78, 5) is 10.5. The van der Waals surface area contributed by atoms with Gasteiger partial charge in [0, 0.05) is 12.3 Å². The van der Waals surface area contributed by atoms with Gasteiger partial charge in [0.05, 0.1) is 0 Å². The van der Waals surface area contributed by atoms with E-state index in [9.17, 15) is 13.2 Å². The monoisotopic (exact) mass is 188 g/mol. The predicted molar refractivity (Wildman–Crippen MR) is 39.1 cm³/mol. The summed E-state index contributed by atoms with van der Waals surface area (Å²) in [6.07, 6.45) is 1.11. The number of rotatable bonds is 1. The van der Waals surface area contributed by atoms with Crippen molar-refractivity contribution >= 4 is 39.9 Å². The molecule has 0 aliphatic rings. The SMILES string of the molecule is O=c1cc[nH]n1S(=O)(=O)O.[NaH]. The maximum absolute atomic E-state index is 10.5. The van der Waals surface area contributed by atoms with E-state index in [0.29, 0.717) is 0 Å². The van der Waals surface area contributed by atoms with Crippen LogP contribution in [0.4, 0.5) is 0 Å². The third-order valence-corrected chi connectivity index (χ3v) is 1.60. The predicted octanol–water partition coefficient (Wildman–Crippen LogP) is -1.82. The van der Waals surface area contributed by atoms with E-state index in [0.717, 1.165) is 12.3 Å². The van der Waals surface area contributed by atoms with E-state index in [-0.39, 0.29) is 33.6 Å². The molecule has 6 nitrogen and oxygen atoms in total. The zero-order valence-corrected chi connectivity index (χ0v) is 5.50. The zero-order chi connectivity index (χ0) is 7.78. The van der Waals surface area contributed by atoms with Gasteiger partial charge in [-0.25, -0.2) is 0 Å². The second kappa shape index (κ2) is 3.55.